The Morgan fingerprint density at radius 1 is 1.61 bits per heavy atom. The summed E-state index contributed by atoms with van der Waals surface area (Å²) in [5.41, 5.74) is 0. The third-order valence-corrected chi connectivity index (χ3v) is 2.87. The van der Waals surface area contributed by atoms with E-state index in [4.69, 9.17) is 4.74 Å². The van der Waals surface area contributed by atoms with Gasteiger partial charge in [0, 0.05) is 26.1 Å². The monoisotopic (exact) mass is 253 g/mol. The van der Waals surface area contributed by atoms with Gasteiger partial charge in [0.25, 0.3) is 0 Å². The number of nitrogens with zero attached hydrogens (tertiary/aromatic N) is 3. The number of hydrogen-bond acceptors (Lipinski definition) is 5. The molecule has 1 fully saturated rings. The molecular weight excluding hydrogens is 234 g/mol. The Balaban J connectivity index is 1.80. The molecule has 100 valence electrons. The van der Waals surface area contributed by atoms with E-state index >= 15 is 0 Å². The summed E-state index contributed by atoms with van der Waals surface area (Å²) in [4.78, 5) is 17.8. The van der Waals surface area contributed by atoms with E-state index in [0.717, 1.165) is 19.0 Å². The summed E-state index contributed by atoms with van der Waals surface area (Å²) < 4.78 is 5.32. The van der Waals surface area contributed by atoms with Crippen molar-refractivity contribution in [3.8, 4) is 0 Å². The van der Waals surface area contributed by atoms with Gasteiger partial charge < -0.3 is 15.0 Å². The van der Waals surface area contributed by atoms with Crippen LogP contribution in [0.2, 0.25) is 0 Å². The molecular formula is C11H19N5O2. The van der Waals surface area contributed by atoms with Gasteiger partial charge in [-0.05, 0) is 6.92 Å². The van der Waals surface area contributed by atoms with Crippen molar-refractivity contribution >= 4 is 5.91 Å². The first-order valence-corrected chi connectivity index (χ1v) is 6.08. The van der Waals surface area contributed by atoms with E-state index in [2.05, 4.69) is 20.5 Å². The number of carbonyl (C=O) groups excluding carboxylic acids is 1. The molecule has 1 aliphatic rings. The van der Waals surface area contributed by atoms with Gasteiger partial charge in [-0.2, -0.15) is 5.10 Å². The predicted molar refractivity (Wildman–Crippen MR) is 64.8 cm³/mol. The first-order chi connectivity index (χ1) is 8.65. The van der Waals surface area contributed by atoms with E-state index in [1.54, 1.807) is 11.9 Å². The average molecular weight is 253 g/mol. The third-order valence-electron chi connectivity index (χ3n) is 2.87. The van der Waals surface area contributed by atoms with Crippen molar-refractivity contribution < 1.29 is 9.53 Å². The lowest BCUT2D eigenvalue weighted by atomic mass is 10.2. The zero-order chi connectivity index (χ0) is 13.0. The molecule has 1 aromatic heterocycles. The molecule has 2 heterocycles. The summed E-state index contributed by atoms with van der Waals surface area (Å²) in [5, 5.41) is 10.0. The highest BCUT2D eigenvalue weighted by molar-refractivity contribution is 5.76. The summed E-state index contributed by atoms with van der Waals surface area (Å²) >= 11 is 0. The van der Waals surface area contributed by atoms with Crippen molar-refractivity contribution in [1.29, 1.82) is 0 Å². The Morgan fingerprint density at radius 3 is 3.06 bits per heavy atom. The summed E-state index contributed by atoms with van der Waals surface area (Å²) in [6.45, 7) is 4.39. The van der Waals surface area contributed by atoms with Crippen LogP contribution in [0, 0.1) is 6.92 Å². The van der Waals surface area contributed by atoms with Gasteiger partial charge in [-0.15, -0.1) is 0 Å². The molecule has 1 aliphatic heterocycles. The molecule has 2 N–H and O–H groups in total. The molecule has 0 radical (unpaired) electrons. The lowest BCUT2D eigenvalue weighted by Crippen LogP contribution is -2.44. The number of amides is 1. The number of ether oxygens (including phenoxy) is 1. The SMILES string of the molecule is Cc1nc(CN(C)C(=O)CC2COCCN2)n[nH]1. The minimum Gasteiger partial charge on any atom is -0.378 e. The molecule has 0 aromatic carbocycles. The largest absolute Gasteiger partial charge is 0.378 e. The van der Waals surface area contributed by atoms with Crippen LogP contribution in [0.4, 0.5) is 0 Å². The van der Waals surface area contributed by atoms with Gasteiger partial charge in [-0.1, -0.05) is 0 Å². The quantitative estimate of drug-likeness (QED) is 0.752. The normalized spacial score (nSPS) is 19.8. The zero-order valence-electron chi connectivity index (χ0n) is 10.8. The minimum absolute atomic E-state index is 0.0699. The van der Waals surface area contributed by atoms with Gasteiger partial charge in [0.2, 0.25) is 5.91 Å². The summed E-state index contributed by atoms with van der Waals surface area (Å²) in [6, 6.07) is 0.113. The van der Waals surface area contributed by atoms with E-state index in [9.17, 15) is 4.79 Å². The second-order valence-electron chi connectivity index (χ2n) is 4.52. The molecule has 0 saturated carbocycles. The Morgan fingerprint density at radius 2 is 2.44 bits per heavy atom. The second kappa shape index (κ2) is 5.92. The summed E-state index contributed by atoms with van der Waals surface area (Å²) in [7, 11) is 1.76. The Hall–Kier alpha value is -1.47. The minimum atomic E-state index is 0.0699. The van der Waals surface area contributed by atoms with Crippen LogP contribution in [0.15, 0.2) is 0 Å². The lowest BCUT2D eigenvalue weighted by molar-refractivity contribution is -0.131. The molecule has 7 nitrogen and oxygen atoms in total. The topological polar surface area (TPSA) is 83.1 Å². The highest BCUT2D eigenvalue weighted by Crippen LogP contribution is 2.04. The molecule has 1 unspecified atom stereocenters. The number of aryl methyl sites for hydroxylation is 1. The number of hydrogen-bond donors (Lipinski definition) is 2. The zero-order valence-corrected chi connectivity index (χ0v) is 10.8. The van der Waals surface area contributed by atoms with E-state index in [0.29, 0.717) is 25.4 Å². The summed E-state index contributed by atoms with van der Waals surface area (Å²) in [5.74, 6) is 1.46. The fraction of sp³-hybridized carbons (Fsp3) is 0.727. The van der Waals surface area contributed by atoms with Gasteiger partial charge in [0.1, 0.15) is 5.82 Å². The lowest BCUT2D eigenvalue weighted by Gasteiger charge is -2.25. The molecule has 0 aliphatic carbocycles. The van der Waals surface area contributed by atoms with Crippen LogP contribution in [-0.2, 0) is 16.1 Å². The van der Waals surface area contributed by atoms with Crippen LogP contribution in [0.3, 0.4) is 0 Å². The number of aromatic nitrogens is 3. The maximum absolute atomic E-state index is 12.0. The Kier molecular flexibility index (Phi) is 4.27. The molecule has 7 heteroatoms. The number of rotatable bonds is 4. The van der Waals surface area contributed by atoms with Gasteiger partial charge in [-0.25, -0.2) is 4.98 Å². The van der Waals surface area contributed by atoms with E-state index in [1.165, 1.54) is 0 Å². The fourth-order valence-electron chi connectivity index (χ4n) is 1.88. The molecule has 0 bridgehead atoms. The van der Waals surface area contributed by atoms with E-state index in [1.807, 2.05) is 6.92 Å². The molecule has 1 atom stereocenters. The number of aromatic amines is 1. The maximum atomic E-state index is 12.0. The van der Waals surface area contributed by atoms with Crippen LogP contribution in [0.25, 0.3) is 0 Å². The smallest absolute Gasteiger partial charge is 0.224 e. The van der Waals surface area contributed by atoms with Crippen LogP contribution >= 0.6 is 0 Å². The first-order valence-electron chi connectivity index (χ1n) is 6.08. The number of nitrogens with one attached hydrogen (secondary N) is 2. The summed E-state index contributed by atoms with van der Waals surface area (Å²) in [6.07, 6.45) is 0.444. The molecule has 18 heavy (non-hydrogen) atoms. The third kappa shape index (κ3) is 3.51. The van der Waals surface area contributed by atoms with Crippen molar-refractivity contribution in [3.05, 3.63) is 11.6 Å². The van der Waals surface area contributed by atoms with E-state index < -0.39 is 0 Å². The molecule has 1 saturated heterocycles. The highest BCUT2D eigenvalue weighted by atomic mass is 16.5. The number of morpholine rings is 1. The second-order valence-corrected chi connectivity index (χ2v) is 4.52. The van der Waals surface area contributed by atoms with Crippen molar-refractivity contribution in [3.63, 3.8) is 0 Å². The molecule has 2 rings (SSSR count). The maximum Gasteiger partial charge on any atom is 0.224 e. The van der Waals surface area contributed by atoms with E-state index in [-0.39, 0.29) is 11.9 Å². The van der Waals surface area contributed by atoms with Gasteiger partial charge in [0.05, 0.1) is 19.8 Å². The van der Waals surface area contributed by atoms with Gasteiger partial charge in [-0.3, -0.25) is 9.89 Å². The standard InChI is InChI=1S/C11H19N5O2/c1-8-13-10(15-14-8)6-16(2)11(17)5-9-7-18-4-3-12-9/h9,12H,3-7H2,1-2H3,(H,13,14,15). The first kappa shape index (κ1) is 13.0. The molecule has 0 spiro atoms. The average Bonchev–Trinajstić information content (AvgIpc) is 2.76. The van der Waals surface area contributed by atoms with Crippen molar-refractivity contribution in [1.82, 2.24) is 25.4 Å². The molecule has 1 aromatic rings. The van der Waals surface area contributed by atoms with Crippen LogP contribution in [0.1, 0.15) is 18.1 Å². The van der Waals surface area contributed by atoms with Crippen LogP contribution < -0.4 is 5.32 Å². The predicted octanol–water partition coefficient (Wildman–Crippen LogP) is -0.550. The van der Waals surface area contributed by atoms with Crippen LogP contribution in [-0.4, -0.2) is 58.8 Å². The fourth-order valence-corrected chi connectivity index (χ4v) is 1.88. The van der Waals surface area contributed by atoms with Crippen molar-refractivity contribution in [2.75, 3.05) is 26.8 Å². The van der Waals surface area contributed by atoms with Gasteiger partial charge >= 0.3 is 0 Å². The van der Waals surface area contributed by atoms with Gasteiger partial charge in [0.15, 0.2) is 5.82 Å². The van der Waals surface area contributed by atoms with Crippen molar-refractivity contribution in [2.45, 2.75) is 25.9 Å². The number of H-pyrrole nitrogens is 1. The number of carbonyl (C=O) groups is 1. The molecule has 1 amide bonds. The van der Waals surface area contributed by atoms with Crippen molar-refractivity contribution in [2.24, 2.45) is 0 Å². The highest BCUT2D eigenvalue weighted by Gasteiger charge is 2.19. The Bertz CT molecular complexity index is 400. The Labute approximate surface area is 106 Å². The van der Waals surface area contributed by atoms with Crippen LogP contribution in [0.5, 0.6) is 0 Å².